The van der Waals surface area contributed by atoms with E-state index in [1.807, 2.05) is 6.92 Å². The van der Waals surface area contributed by atoms with Gasteiger partial charge in [-0.25, -0.2) is 14.6 Å². The number of ether oxygens (including phenoxy) is 1. The van der Waals surface area contributed by atoms with Crippen molar-refractivity contribution in [2.45, 2.75) is 13.0 Å². The largest absolute Gasteiger partial charge is 0.423 e. The fourth-order valence-corrected chi connectivity index (χ4v) is 3.38. The zero-order valence-corrected chi connectivity index (χ0v) is 20.6. The van der Waals surface area contributed by atoms with E-state index in [0.29, 0.717) is 36.6 Å². The van der Waals surface area contributed by atoms with Crippen LogP contribution in [-0.2, 0) is 4.79 Å². The Morgan fingerprint density at radius 2 is 1.60 bits per heavy atom. The predicted octanol–water partition coefficient (Wildman–Crippen LogP) is 2.28. The number of nitrogens with two attached hydrogens (primary N) is 3. The minimum Gasteiger partial charge on any atom is -0.423 e. The molecule has 1 aliphatic heterocycles. The van der Waals surface area contributed by atoms with Gasteiger partial charge < -0.3 is 31.7 Å². The molecule has 1 aliphatic rings. The van der Waals surface area contributed by atoms with Gasteiger partial charge >= 0.3 is 12.0 Å². The van der Waals surface area contributed by atoms with Gasteiger partial charge in [0.05, 0.1) is 11.3 Å². The van der Waals surface area contributed by atoms with Crippen LogP contribution in [0.5, 0.6) is 5.75 Å². The van der Waals surface area contributed by atoms with Gasteiger partial charge in [0, 0.05) is 31.8 Å². The summed E-state index contributed by atoms with van der Waals surface area (Å²) < 4.78 is 5.37. The summed E-state index contributed by atoms with van der Waals surface area (Å²) in [5, 5.41) is 0. The summed E-state index contributed by atoms with van der Waals surface area (Å²) in [5.74, 6) is -0.366. The van der Waals surface area contributed by atoms with Crippen molar-refractivity contribution in [2.75, 3.05) is 19.6 Å². The van der Waals surface area contributed by atoms with Crippen LogP contribution in [0.3, 0.4) is 0 Å². The number of halogens is 2. The topological polar surface area (TPSA) is 157 Å². The van der Waals surface area contributed by atoms with Crippen molar-refractivity contribution in [1.82, 2.24) is 9.80 Å². The normalized spacial score (nSPS) is 14.9. The maximum Gasteiger partial charge on any atom is 0.343 e. The molecule has 12 heteroatoms. The van der Waals surface area contributed by atoms with Gasteiger partial charge in [-0.2, -0.15) is 0 Å². The van der Waals surface area contributed by atoms with Crippen molar-refractivity contribution in [2.24, 2.45) is 22.2 Å². The van der Waals surface area contributed by atoms with Crippen LogP contribution in [0, 0.1) is 0 Å². The lowest BCUT2D eigenvalue weighted by Crippen LogP contribution is -2.56. The average Bonchev–Trinajstić information content (AvgIpc) is 2.78. The second kappa shape index (κ2) is 13.2. The molecule has 3 rings (SSSR count). The van der Waals surface area contributed by atoms with E-state index in [-0.39, 0.29) is 42.7 Å². The van der Waals surface area contributed by atoms with Gasteiger partial charge in [-0.3, -0.25) is 4.79 Å². The summed E-state index contributed by atoms with van der Waals surface area (Å²) in [5.41, 5.74) is 17.6. The molecule has 1 unspecified atom stereocenters. The minimum absolute atomic E-state index is 0. The van der Waals surface area contributed by atoms with Gasteiger partial charge in [-0.15, -0.1) is 24.8 Å². The molecule has 0 spiro atoms. The van der Waals surface area contributed by atoms with Crippen LogP contribution >= 0.6 is 24.8 Å². The number of hydrogen-bond donors (Lipinski definition) is 3. The molecular formula is C23H28Cl2N6O4. The van der Waals surface area contributed by atoms with E-state index >= 15 is 0 Å². The van der Waals surface area contributed by atoms with Crippen LogP contribution in [-0.4, -0.2) is 59.3 Å². The Bertz CT molecular complexity index is 1090. The number of benzene rings is 2. The molecule has 0 bridgehead atoms. The molecule has 0 aromatic heterocycles. The number of nitrogens with zero attached hydrogens (tertiary/aromatic N) is 3. The molecule has 3 amide bonds. The fourth-order valence-electron chi connectivity index (χ4n) is 3.38. The lowest BCUT2D eigenvalue weighted by molar-refractivity contribution is -0.129. The standard InChI is InChI=1S/C23H26N6O4.2ClH/c1-15-14-28(23(26)32)12-13-29(15)20(30)11-4-16-2-9-19(10-3-16)33-21(31)17-5-7-18(8-6-17)27-22(24)25;;/h2-11,15H,12-14H2,1H3,(H2,26,32)(H4,24,25,27);2*1H. The monoisotopic (exact) mass is 522 g/mol. The first kappa shape index (κ1) is 29.3. The van der Waals surface area contributed by atoms with Crippen LogP contribution < -0.4 is 21.9 Å². The second-order valence-corrected chi connectivity index (χ2v) is 7.54. The van der Waals surface area contributed by atoms with Crippen molar-refractivity contribution in [3.63, 3.8) is 0 Å². The van der Waals surface area contributed by atoms with Crippen molar-refractivity contribution in [3.05, 3.63) is 65.7 Å². The Kier molecular flexibility index (Phi) is 11.0. The lowest BCUT2D eigenvalue weighted by atomic mass is 10.1. The van der Waals surface area contributed by atoms with Crippen molar-refractivity contribution < 1.29 is 19.1 Å². The maximum absolute atomic E-state index is 12.5. The van der Waals surface area contributed by atoms with E-state index in [0.717, 1.165) is 5.56 Å². The Labute approximate surface area is 215 Å². The number of rotatable bonds is 5. The SMILES string of the molecule is CC1CN(C(N)=O)CCN1C(=O)C=Cc1ccc(OC(=O)c2ccc(N=C(N)N)cc2)cc1.Cl.Cl. The number of piperazine rings is 1. The average molecular weight is 523 g/mol. The van der Waals surface area contributed by atoms with Crippen LogP contribution in [0.2, 0.25) is 0 Å². The molecule has 188 valence electrons. The third-order valence-electron chi connectivity index (χ3n) is 5.09. The van der Waals surface area contributed by atoms with Gasteiger partial charge in [-0.05, 0) is 55.0 Å². The first-order valence-electron chi connectivity index (χ1n) is 10.3. The van der Waals surface area contributed by atoms with Gasteiger partial charge in [0.2, 0.25) is 5.91 Å². The number of hydrogen-bond acceptors (Lipinski definition) is 5. The number of urea groups is 1. The second-order valence-electron chi connectivity index (χ2n) is 7.54. The molecule has 2 aromatic rings. The molecule has 1 heterocycles. The summed E-state index contributed by atoms with van der Waals surface area (Å²) >= 11 is 0. The fraction of sp³-hybridized carbons (Fsp3) is 0.217. The first-order chi connectivity index (χ1) is 15.7. The number of carbonyl (C=O) groups is 3. The zero-order chi connectivity index (χ0) is 24.0. The van der Waals surface area contributed by atoms with Gasteiger partial charge in [0.15, 0.2) is 5.96 Å². The van der Waals surface area contributed by atoms with Crippen molar-refractivity contribution in [1.29, 1.82) is 0 Å². The predicted molar refractivity (Wildman–Crippen MR) is 139 cm³/mol. The molecule has 6 N–H and O–H groups in total. The number of amides is 3. The summed E-state index contributed by atoms with van der Waals surface area (Å²) in [6.07, 6.45) is 3.17. The molecule has 0 saturated carbocycles. The summed E-state index contributed by atoms with van der Waals surface area (Å²) in [7, 11) is 0. The van der Waals surface area contributed by atoms with E-state index in [1.165, 1.54) is 11.0 Å². The highest BCUT2D eigenvalue weighted by Crippen LogP contribution is 2.18. The first-order valence-corrected chi connectivity index (χ1v) is 10.3. The molecular weight excluding hydrogens is 495 g/mol. The number of aliphatic imine (C=N–C) groups is 1. The van der Waals surface area contributed by atoms with E-state index in [4.69, 9.17) is 21.9 Å². The highest BCUT2D eigenvalue weighted by atomic mass is 35.5. The van der Waals surface area contributed by atoms with E-state index in [9.17, 15) is 14.4 Å². The molecule has 1 atom stereocenters. The van der Waals surface area contributed by atoms with Crippen LogP contribution in [0.1, 0.15) is 22.8 Å². The number of carbonyl (C=O) groups excluding carboxylic acids is 3. The summed E-state index contributed by atoms with van der Waals surface area (Å²) in [6.45, 7) is 3.12. The maximum atomic E-state index is 12.5. The molecule has 0 aliphatic carbocycles. The molecule has 35 heavy (non-hydrogen) atoms. The third kappa shape index (κ3) is 8.20. The third-order valence-corrected chi connectivity index (χ3v) is 5.09. The van der Waals surface area contributed by atoms with E-state index in [1.54, 1.807) is 59.5 Å². The molecule has 1 saturated heterocycles. The number of primary amides is 1. The van der Waals surface area contributed by atoms with Crippen LogP contribution in [0.15, 0.2) is 59.6 Å². The minimum atomic E-state index is -0.520. The van der Waals surface area contributed by atoms with Gasteiger partial charge in [-0.1, -0.05) is 12.1 Å². The zero-order valence-electron chi connectivity index (χ0n) is 19.0. The van der Waals surface area contributed by atoms with E-state index in [2.05, 4.69) is 4.99 Å². The highest BCUT2D eigenvalue weighted by molar-refractivity contribution is 5.93. The van der Waals surface area contributed by atoms with Crippen LogP contribution in [0.4, 0.5) is 10.5 Å². The van der Waals surface area contributed by atoms with E-state index < -0.39 is 12.0 Å². The molecule has 1 fully saturated rings. The Morgan fingerprint density at radius 3 is 2.14 bits per heavy atom. The number of esters is 1. The summed E-state index contributed by atoms with van der Waals surface area (Å²) in [4.78, 5) is 43.3. The lowest BCUT2D eigenvalue weighted by Gasteiger charge is -2.38. The van der Waals surface area contributed by atoms with Gasteiger partial charge in [0.25, 0.3) is 0 Å². The Balaban J connectivity index is 0.00000306. The smallest absolute Gasteiger partial charge is 0.343 e. The molecule has 2 aromatic carbocycles. The highest BCUT2D eigenvalue weighted by Gasteiger charge is 2.27. The van der Waals surface area contributed by atoms with Crippen LogP contribution in [0.25, 0.3) is 6.08 Å². The summed E-state index contributed by atoms with van der Waals surface area (Å²) in [6, 6.07) is 12.5. The Hall–Kier alpha value is -3.76. The number of guanidine groups is 1. The van der Waals surface area contributed by atoms with Crippen molar-refractivity contribution in [3.8, 4) is 5.75 Å². The molecule has 10 nitrogen and oxygen atoms in total. The quantitative estimate of drug-likeness (QED) is 0.179. The van der Waals surface area contributed by atoms with Gasteiger partial charge in [0.1, 0.15) is 5.75 Å². The van der Waals surface area contributed by atoms with Crippen molar-refractivity contribution >= 4 is 60.4 Å². The molecule has 0 radical (unpaired) electrons. The Morgan fingerprint density at radius 1 is 0.971 bits per heavy atom.